The number of halogens is 3. The van der Waals surface area contributed by atoms with Crippen LogP contribution in [0.25, 0.3) is 11.3 Å². The molecule has 0 aliphatic heterocycles. The van der Waals surface area contributed by atoms with E-state index in [0.717, 1.165) is 12.3 Å². The third-order valence-corrected chi connectivity index (χ3v) is 5.93. The van der Waals surface area contributed by atoms with Crippen LogP contribution in [0.15, 0.2) is 47.0 Å². The maximum Gasteiger partial charge on any atom is 0.227 e. The molecule has 1 unspecified atom stereocenters. The molecule has 158 valence electrons. The quantitative estimate of drug-likeness (QED) is 0.559. The summed E-state index contributed by atoms with van der Waals surface area (Å²) in [7, 11) is 0.927. The predicted molar refractivity (Wildman–Crippen MR) is 112 cm³/mol. The van der Waals surface area contributed by atoms with Crippen LogP contribution in [0.2, 0.25) is 0 Å². The summed E-state index contributed by atoms with van der Waals surface area (Å²) in [6.07, 6.45) is 2.67. The number of methoxy groups -OCH3 is 1. The highest BCUT2D eigenvalue weighted by Gasteiger charge is 2.15. The molecule has 30 heavy (non-hydrogen) atoms. The number of rotatable bonds is 6. The maximum atomic E-state index is 14.4. The molecular formula is C20H20F3N5OS. The fourth-order valence-corrected chi connectivity index (χ4v) is 3.75. The molecule has 10 heteroatoms. The maximum absolute atomic E-state index is 14.4. The van der Waals surface area contributed by atoms with Crippen LogP contribution < -0.4 is 10.1 Å². The van der Waals surface area contributed by atoms with Crippen molar-refractivity contribution in [1.82, 2.24) is 9.97 Å². The zero-order chi connectivity index (χ0) is 21.9. The summed E-state index contributed by atoms with van der Waals surface area (Å²) in [6, 6.07) is 7.91. The molecule has 0 spiro atoms. The summed E-state index contributed by atoms with van der Waals surface area (Å²) in [6.45, 7) is 0. The van der Waals surface area contributed by atoms with Crippen molar-refractivity contribution in [3.05, 3.63) is 65.6 Å². The summed E-state index contributed by atoms with van der Waals surface area (Å²) < 4.78 is 59.2. The fourth-order valence-electron chi connectivity index (χ4n) is 2.80. The lowest BCUT2D eigenvalue weighted by molar-refractivity contribution is 0.412. The van der Waals surface area contributed by atoms with Crippen molar-refractivity contribution < 1.29 is 17.9 Å². The molecule has 1 atom stereocenters. The zero-order valence-electron chi connectivity index (χ0n) is 16.5. The largest absolute Gasteiger partial charge is 0.496 e. The van der Waals surface area contributed by atoms with E-state index in [1.807, 2.05) is 0 Å². The third kappa shape index (κ3) is 5.07. The van der Waals surface area contributed by atoms with Gasteiger partial charge in [0.15, 0.2) is 5.82 Å². The molecule has 1 heterocycles. The van der Waals surface area contributed by atoms with E-state index in [-0.39, 0.29) is 28.7 Å². The molecule has 1 aromatic heterocycles. The van der Waals surface area contributed by atoms with Gasteiger partial charge >= 0.3 is 0 Å². The van der Waals surface area contributed by atoms with Crippen molar-refractivity contribution in [3.63, 3.8) is 0 Å². The lowest BCUT2D eigenvalue weighted by Crippen LogP contribution is -2.04. The van der Waals surface area contributed by atoms with E-state index in [2.05, 4.69) is 19.6 Å². The lowest BCUT2D eigenvalue weighted by atomic mass is 10.1. The molecule has 0 aliphatic carbocycles. The van der Waals surface area contributed by atoms with E-state index in [4.69, 9.17) is 9.52 Å². The molecule has 2 aromatic carbocycles. The van der Waals surface area contributed by atoms with E-state index >= 15 is 0 Å². The van der Waals surface area contributed by atoms with Crippen LogP contribution in [0.1, 0.15) is 5.56 Å². The summed E-state index contributed by atoms with van der Waals surface area (Å²) in [5, 5.41) is 2.85. The van der Waals surface area contributed by atoms with Crippen molar-refractivity contribution in [1.29, 1.82) is 4.78 Å². The fraction of sp³-hybridized carbons (Fsp3) is 0.200. The van der Waals surface area contributed by atoms with Gasteiger partial charge in [0.1, 0.15) is 23.1 Å². The molecule has 0 saturated carbocycles. The van der Waals surface area contributed by atoms with Gasteiger partial charge in [-0.2, -0.15) is 0 Å². The summed E-state index contributed by atoms with van der Waals surface area (Å²) in [4.78, 5) is 8.05. The average Bonchev–Trinajstić information content (AvgIpc) is 2.68. The molecule has 0 bridgehead atoms. The molecule has 0 amide bonds. The second kappa shape index (κ2) is 8.70. The Morgan fingerprint density at radius 2 is 1.90 bits per heavy atom. The number of anilines is 2. The van der Waals surface area contributed by atoms with Crippen LogP contribution in [0.4, 0.5) is 24.8 Å². The Labute approximate surface area is 172 Å². The van der Waals surface area contributed by atoms with E-state index in [1.54, 1.807) is 19.4 Å². The number of hydrogen-bond acceptors (Lipinski definition) is 6. The zero-order valence-corrected chi connectivity index (χ0v) is 17.4. The van der Waals surface area contributed by atoms with Gasteiger partial charge in [0.2, 0.25) is 5.95 Å². The van der Waals surface area contributed by atoms with E-state index < -0.39 is 27.1 Å². The minimum atomic E-state index is -1.98. The van der Waals surface area contributed by atoms with Gasteiger partial charge in [0.25, 0.3) is 0 Å². The smallest absolute Gasteiger partial charge is 0.227 e. The van der Waals surface area contributed by atoms with Crippen LogP contribution in [0.5, 0.6) is 5.75 Å². The van der Waals surface area contributed by atoms with Crippen molar-refractivity contribution in [2.75, 3.05) is 25.7 Å². The first-order valence-corrected chi connectivity index (χ1v) is 10.9. The Morgan fingerprint density at radius 3 is 2.60 bits per heavy atom. The summed E-state index contributed by atoms with van der Waals surface area (Å²) in [5.74, 6) is -1.31. The number of ether oxygens (including phenoxy) is 1. The second-order valence-corrected chi connectivity index (χ2v) is 9.31. The second-order valence-electron chi connectivity index (χ2n) is 6.57. The first kappa shape index (κ1) is 21.6. The van der Waals surface area contributed by atoms with Crippen molar-refractivity contribution in [2.45, 2.75) is 5.75 Å². The van der Waals surface area contributed by atoms with Crippen LogP contribution >= 0.6 is 0 Å². The number of nitrogens with one attached hydrogen (secondary N) is 2. The van der Waals surface area contributed by atoms with Gasteiger partial charge in [-0.15, -0.1) is 0 Å². The topological polar surface area (TPSA) is 83.2 Å². The molecule has 3 rings (SSSR count). The lowest BCUT2D eigenvalue weighted by Gasteiger charge is -2.12. The van der Waals surface area contributed by atoms with Crippen LogP contribution in [0, 0.1) is 22.2 Å². The number of nitrogens with zero attached hydrogens (tertiary/aromatic N) is 3. The van der Waals surface area contributed by atoms with E-state index in [0.29, 0.717) is 11.3 Å². The van der Waals surface area contributed by atoms with Gasteiger partial charge in [-0.3, -0.25) is 9.14 Å². The van der Waals surface area contributed by atoms with Crippen LogP contribution in [-0.2, 0) is 15.4 Å². The first-order valence-electron chi connectivity index (χ1n) is 8.75. The Hall–Kier alpha value is -3.14. The Kier molecular flexibility index (Phi) is 6.25. The van der Waals surface area contributed by atoms with E-state index in [1.165, 1.54) is 31.4 Å². The van der Waals surface area contributed by atoms with Crippen LogP contribution in [0.3, 0.4) is 0 Å². The van der Waals surface area contributed by atoms with Crippen LogP contribution in [-0.4, -0.2) is 30.4 Å². The molecule has 0 aliphatic rings. The highest BCUT2D eigenvalue weighted by molar-refractivity contribution is 7.93. The molecular weight excluding hydrogens is 415 g/mol. The molecule has 0 saturated heterocycles. The van der Waals surface area contributed by atoms with Gasteiger partial charge < -0.3 is 10.1 Å². The van der Waals surface area contributed by atoms with Crippen molar-refractivity contribution >= 4 is 21.3 Å². The van der Waals surface area contributed by atoms with E-state index in [9.17, 15) is 13.2 Å². The van der Waals surface area contributed by atoms with Gasteiger partial charge in [-0.25, -0.2) is 23.1 Å². The molecule has 6 nitrogen and oxygen atoms in total. The Morgan fingerprint density at radius 1 is 1.13 bits per heavy atom. The number of benzene rings is 2. The minimum absolute atomic E-state index is 0.0236. The molecule has 3 aromatic rings. The Bertz CT molecular complexity index is 1210. The molecule has 0 radical (unpaired) electrons. The summed E-state index contributed by atoms with van der Waals surface area (Å²) in [5.41, 5.74) is 1.10. The highest BCUT2D eigenvalue weighted by atomic mass is 32.2. The normalized spacial score (nSPS) is 12.9. The van der Waals surface area contributed by atoms with Gasteiger partial charge in [-0.05, 0) is 35.9 Å². The minimum Gasteiger partial charge on any atom is -0.496 e. The van der Waals surface area contributed by atoms with Gasteiger partial charge in [0.05, 0.1) is 13.3 Å². The summed E-state index contributed by atoms with van der Waals surface area (Å²) >= 11 is 0. The van der Waals surface area contributed by atoms with Crippen molar-refractivity contribution in [3.8, 4) is 17.0 Å². The monoisotopic (exact) mass is 435 g/mol. The highest BCUT2D eigenvalue weighted by Crippen LogP contribution is 2.31. The van der Waals surface area contributed by atoms with Crippen molar-refractivity contribution in [2.24, 2.45) is 4.36 Å². The Balaban J connectivity index is 1.97. The standard InChI is InChI=1S/C20H20F3N5OS/c1-25-30(3,24)11-12-6-14(22)8-15(7-12)27-20-26-10-17(23)19(28-20)16-5-4-13(21)9-18(16)29-2/h4-10,24H,11H2,1-3H3,(H,26,27,28). The third-order valence-electron chi connectivity index (χ3n) is 4.23. The average molecular weight is 435 g/mol. The van der Waals surface area contributed by atoms with Gasteiger partial charge in [-0.1, -0.05) is 9.62 Å². The molecule has 2 N–H and O–H groups in total. The predicted octanol–water partition coefficient (Wildman–Crippen LogP) is 5.17. The number of hydrogen-bond donors (Lipinski definition) is 2. The first-order chi connectivity index (χ1) is 14.2. The van der Waals surface area contributed by atoms with Gasteiger partial charge in [0, 0.05) is 36.4 Å². The SMILES string of the molecule is CN=S(C)(=N)Cc1cc(F)cc(Nc2ncc(F)c(-c3ccc(F)cc3OC)n2)c1. The number of aromatic nitrogens is 2. The molecule has 0 fully saturated rings.